The van der Waals surface area contributed by atoms with Gasteiger partial charge in [-0.3, -0.25) is 9.69 Å². The van der Waals surface area contributed by atoms with Gasteiger partial charge < -0.3 is 15.5 Å². The number of carbonyl (C=O) groups excluding carboxylic acids is 1. The predicted octanol–water partition coefficient (Wildman–Crippen LogP) is 0.905. The highest BCUT2D eigenvalue weighted by atomic mass is 16.2. The monoisotopic (exact) mass is 276 g/mol. The fourth-order valence-corrected chi connectivity index (χ4v) is 2.33. The fraction of sp³-hybridized carbons (Fsp3) is 0.533. The highest BCUT2D eigenvalue weighted by Crippen LogP contribution is 2.21. The van der Waals surface area contributed by atoms with Crippen LogP contribution in [0.2, 0.25) is 0 Å². The van der Waals surface area contributed by atoms with Crippen molar-refractivity contribution in [2.24, 2.45) is 0 Å². The molecule has 1 fully saturated rings. The molecule has 20 heavy (non-hydrogen) atoms. The SMILES string of the molecule is Cc1cc(N(C)C)ccc1NC(=O)CN1CCNCC1. The molecule has 0 atom stereocenters. The van der Waals surface area contributed by atoms with Gasteiger partial charge in [-0.1, -0.05) is 0 Å². The maximum absolute atomic E-state index is 12.1. The van der Waals surface area contributed by atoms with Crippen molar-refractivity contribution in [2.75, 3.05) is 57.0 Å². The first kappa shape index (κ1) is 14.8. The van der Waals surface area contributed by atoms with Gasteiger partial charge >= 0.3 is 0 Å². The first-order valence-electron chi connectivity index (χ1n) is 7.07. The smallest absolute Gasteiger partial charge is 0.238 e. The van der Waals surface area contributed by atoms with E-state index in [4.69, 9.17) is 0 Å². The van der Waals surface area contributed by atoms with Crippen molar-refractivity contribution in [1.29, 1.82) is 0 Å². The predicted molar refractivity (Wildman–Crippen MR) is 83.4 cm³/mol. The van der Waals surface area contributed by atoms with Crippen molar-refractivity contribution in [3.63, 3.8) is 0 Å². The molecule has 1 aromatic carbocycles. The number of nitrogens with zero attached hydrogens (tertiary/aromatic N) is 2. The lowest BCUT2D eigenvalue weighted by atomic mass is 10.1. The summed E-state index contributed by atoms with van der Waals surface area (Å²) in [6, 6.07) is 6.08. The summed E-state index contributed by atoms with van der Waals surface area (Å²) in [6.07, 6.45) is 0. The van der Waals surface area contributed by atoms with Crippen molar-refractivity contribution in [3.05, 3.63) is 23.8 Å². The highest BCUT2D eigenvalue weighted by Gasteiger charge is 2.14. The van der Waals surface area contributed by atoms with Gasteiger partial charge in [-0.05, 0) is 30.7 Å². The summed E-state index contributed by atoms with van der Waals surface area (Å²) in [4.78, 5) is 16.3. The largest absolute Gasteiger partial charge is 0.378 e. The van der Waals surface area contributed by atoms with Crippen LogP contribution in [0, 0.1) is 6.92 Å². The van der Waals surface area contributed by atoms with Crippen LogP contribution in [-0.4, -0.2) is 57.6 Å². The maximum Gasteiger partial charge on any atom is 0.238 e. The number of benzene rings is 1. The Labute approximate surface area is 120 Å². The molecule has 0 aromatic heterocycles. The minimum absolute atomic E-state index is 0.0626. The summed E-state index contributed by atoms with van der Waals surface area (Å²) < 4.78 is 0. The van der Waals surface area contributed by atoms with Crippen LogP contribution in [0.3, 0.4) is 0 Å². The lowest BCUT2D eigenvalue weighted by molar-refractivity contribution is -0.117. The summed E-state index contributed by atoms with van der Waals surface area (Å²) in [6.45, 7) is 6.29. The molecule has 1 heterocycles. The Bertz CT molecular complexity index is 467. The van der Waals surface area contributed by atoms with Gasteiger partial charge in [0.1, 0.15) is 0 Å². The van der Waals surface area contributed by atoms with Crippen LogP contribution in [0.25, 0.3) is 0 Å². The van der Waals surface area contributed by atoms with E-state index in [1.807, 2.05) is 33.2 Å². The molecular weight excluding hydrogens is 252 g/mol. The Balaban J connectivity index is 1.93. The van der Waals surface area contributed by atoms with Gasteiger partial charge in [0.2, 0.25) is 5.91 Å². The quantitative estimate of drug-likeness (QED) is 0.858. The van der Waals surface area contributed by atoms with Gasteiger partial charge in [0.15, 0.2) is 0 Å². The number of amides is 1. The molecule has 0 bridgehead atoms. The van der Waals surface area contributed by atoms with Crippen molar-refractivity contribution in [3.8, 4) is 0 Å². The van der Waals surface area contributed by atoms with Crippen molar-refractivity contribution >= 4 is 17.3 Å². The Morgan fingerprint density at radius 1 is 1.35 bits per heavy atom. The third-order valence-electron chi connectivity index (χ3n) is 3.58. The standard InChI is InChI=1S/C15H24N4O/c1-12-10-13(18(2)3)4-5-14(12)17-15(20)11-19-8-6-16-7-9-19/h4-5,10,16H,6-9,11H2,1-3H3,(H,17,20). The molecule has 1 aromatic rings. The molecule has 5 heteroatoms. The van der Waals surface area contributed by atoms with E-state index in [2.05, 4.69) is 26.5 Å². The summed E-state index contributed by atoms with van der Waals surface area (Å²) in [5.74, 6) is 0.0626. The van der Waals surface area contributed by atoms with E-state index >= 15 is 0 Å². The Hall–Kier alpha value is -1.59. The molecule has 0 aliphatic carbocycles. The number of hydrogen-bond acceptors (Lipinski definition) is 4. The normalized spacial score (nSPS) is 15.9. The summed E-state index contributed by atoms with van der Waals surface area (Å²) >= 11 is 0. The molecule has 0 saturated carbocycles. The molecule has 1 aliphatic heterocycles. The molecule has 5 nitrogen and oxygen atoms in total. The maximum atomic E-state index is 12.1. The highest BCUT2D eigenvalue weighted by molar-refractivity contribution is 5.93. The van der Waals surface area contributed by atoms with Crippen LogP contribution >= 0.6 is 0 Å². The number of piperazine rings is 1. The van der Waals surface area contributed by atoms with E-state index in [0.29, 0.717) is 6.54 Å². The van der Waals surface area contributed by atoms with Crippen LogP contribution in [-0.2, 0) is 4.79 Å². The van der Waals surface area contributed by atoms with Crippen LogP contribution in [0.4, 0.5) is 11.4 Å². The number of carbonyl (C=O) groups is 1. The van der Waals surface area contributed by atoms with Gasteiger partial charge in [0, 0.05) is 51.6 Å². The van der Waals surface area contributed by atoms with E-state index in [9.17, 15) is 4.79 Å². The van der Waals surface area contributed by atoms with E-state index in [-0.39, 0.29) is 5.91 Å². The van der Waals surface area contributed by atoms with Crippen molar-refractivity contribution in [2.45, 2.75) is 6.92 Å². The first-order valence-corrected chi connectivity index (χ1v) is 7.07. The van der Waals surface area contributed by atoms with Gasteiger partial charge in [0.05, 0.1) is 6.54 Å². The molecule has 1 aliphatic rings. The summed E-state index contributed by atoms with van der Waals surface area (Å²) in [7, 11) is 4.02. The topological polar surface area (TPSA) is 47.6 Å². The molecule has 0 spiro atoms. The number of anilines is 2. The first-order chi connectivity index (χ1) is 9.56. The Kier molecular flexibility index (Phi) is 4.98. The molecule has 2 N–H and O–H groups in total. The van der Waals surface area contributed by atoms with Gasteiger partial charge in [-0.15, -0.1) is 0 Å². The zero-order chi connectivity index (χ0) is 14.5. The number of nitrogens with one attached hydrogen (secondary N) is 2. The number of aryl methyl sites for hydroxylation is 1. The minimum Gasteiger partial charge on any atom is -0.378 e. The van der Waals surface area contributed by atoms with Crippen LogP contribution in [0.1, 0.15) is 5.56 Å². The van der Waals surface area contributed by atoms with Crippen LogP contribution in [0.5, 0.6) is 0 Å². The molecular formula is C15H24N4O. The van der Waals surface area contributed by atoms with Gasteiger partial charge in [-0.2, -0.15) is 0 Å². The number of hydrogen-bond donors (Lipinski definition) is 2. The minimum atomic E-state index is 0.0626. The molecule has 1 amide bonds. The van der Waals surface area contributed by atoms with E-state index < -0.39 is 0 Å². The van der Waals surface area contributed by atoms with Gasteiger partial charge in [0.25, 0.3) is 0 Å². The van der Waals surface area contributed by atoms with E-state index in [1.54, 1.807) is 0 Å². The lowest BCUT2D eigenvalue weighted by Gasteiger charge is -2.26. The molecule has 0 unspecified atom stereocenters. The molecule has 2 rings (SSSR count). The molecule has 0 radical (unpaired) electrons. The second-order valence-electron chi connectivity index (χ2n) is 5.47. The average molecular weight is 276 g/mol. The second kappa shape index (κ2) is 6.72. The second-order valence-corrected chi connectivity index (χ2v) is 5.47. The fourth-order valence-electron chi connectivity index (χ4n) is 2.33. The van der Waals surface area contributed by atoms with Gasteiger partial charge in [-0.25, -0.2) is 0 Å². The van der Waals surface area contributed by atoms with Crippen LogP contribution < -0.4 is 15.5 Å². The Morgan fingerprint density at radius 3 is 2.65 bits per heavy atom. The van der Waals surface area contributed by atoms with Crippen molar-refractivity contribution < 1.29 is 4.79 Å². The third kappa shape index (κ3) is 3.95. The van der Waals surface area contributed by atoms with E-state index in [1.165, 1.54) is 0 Å². The van der Waals surface area contributed by atoms with E-state index in [0.717, 1.165) is 43.1 Å². The third-order valence-corrected chi connectivity index (χ3v) is 3.58. The number of rotatable bonds is 4. The summed E-state index contributed by atoms with van der Waals surface area (Å²) in [5, 5.41) is 6.29. The zero-order valence-corrected chi connectivity index (χ0v) is 12.6. The Morgan fingerprint density at radius 2 is 2.05 bits per heavy atom. The zero-order valence-electron chi connectivity index (χ0n) is 12.6. The summed E-state index contributed by atoms with van der Waals surface area (Å²) in [5.41, 5.74) is 3.13. The van der Waals surface area contributed by atoms with Crippen molar-refractivity contribution in [1.82, 2.24) is 10.2 Å². The average Bonchev–Trinajstić information content (AvgIpc) is 2.42. The van der Waals surface area contributed by atoms with Crippen LogP contribution in [0.15, 0.2) is 18.2 Å². The molecule has 1 saturated heterocycles. The lowest BCUT2D eigenvalue weighted by Crippen LogP contribution is -2.46. The molecule has 110 valence electrons.